The van der Waals surface area contributed by atoms with Crippen LogP contribution in [0.3, 0.4) is 0 Å². The maximum Gasteiger partial charge on any atom is 0.0771 e. The Balaban J connectivity index is 1.97. The molecule has 0 amide bonds. The molecular weight excluding hydrogens is 230 g/mol. The Morgan fingerprint density at radius 1 is 1.59 bits per heavy atom. The first-order valence-electron chi connectivity index (χ1n) is 6.07. The van der Waals surface area contributed by atoms with Gasteiger partial charge < -0.3 is 5.73 Å². The van der Waals surface area contributed by atoms with Gasteiger partial charge >= 0.3 is 0 Å². The number of aromatic nitrogens is 1. The summed E-state index contributed by atoms with van der Waals surface area (Å²) in [7, 11) is 0. The van der Waals surface area contributed by atoms with Gasteiger partial charge in [0.25, 0.3) is 0 Å². The number of hydrogen-bond donors (Lipinski definition) is 1. The van der Waals surface area contributed by atoms with Gasteiger partial charge in [-0.15, -0.1) is 0 Å². The van der Waals surface area contributed by atoms with Gasteiger partial charge in [-0.05, 0) is 37.4 Å². The molecule has 0 spiro atoms. The zero-order valence-electron chi connectivity index (χ0n) is 10.2. The molecule has 0 aromatic carbocycles. The van der Waals surface area contributed by atoms with Gasteiger partial charge in [0.15, 0.2) is 0 Å². The first-order valence-corrected chi connectivity index (χ1v) is 6.48. The number of nitrogens with two attached hydrogens (primary N) is 1. The summed E-state index contributed by atoms with van der Waals surface area (Å²) in [6.45, 7) is 5.15. The van der Waals surface area contributed by atoms with Gasteiger partial charge in [-0.1, -0.05) is 18.3 Å². The van der Waals surface area contributed by atoms with Crippen LogP contribution in [0.5, 0.6) is 0 Å². The molecule has 3 nitrogen and oxygen atoms in total. The van der Waals surface area contributed by atoms with E-state index >= 15 is 0 Å². The standard InChI is InChI=1S/C13H19N3S/c1-10-5-11(7-15-6-10)8-16-4-2-3-12(9-16)13(14)17/h5-7,12H,2-4,8-9H2,1H3,(H2,14,17). The summed E-state index contributed by atoms with van der Waals surface area (Å²) in [6, 6.07) is 2.19. The molecule has 2 rings (SSSR count). The summed E-state index contributed by atoms with van der Waals surface area (Å²) in [5.41, 5.74) is 8.22. The summed E-state index contributed by atoms with van der Waals surface area (Å²) in [5, 5.41) is 0. The van der Waals surface area contributed by atoms with Crippen LogP contribution < -0.4 is 5.73 Å². The smallest absolute Gasteiger partial charge is 0.0771 e. The Morgan fingerprint density at radius 2 is 2.41 bits per heavy atom. The summed E-state index contributed by atoms with van der Waals surface area (Å²) >= 11 is 5.09. The predicted molar refractivity (Wildman–Crippen MR) is 73.8 cm³/mol. The quantitative estimate of drug-likeness (QED) is 0.831. The van der Waals surface area contributed by atoms with Crippen molar-refractivity contribution in [1.29, 1.82) is 0 Å². The SMILES string of the molecule is Cc1cncc(CN2CCCC(C(N)=S)C2)c1. The van der Waals surface area contributed by atoms with Crippen LogP contribution in [-0.2, 0) is 6.54 Å². The molecule has 0 aliphatic carbocycles. The fourth-order valence-electron chi connectivity index (χ4n) is 2.39. The number of rotatable bonds is 3. The maximum atomic E-state index is 5.74. The summed E-state index contributed by atoms with van der Waals surface area (Å²) in [5.74, 6) is 0.386. The minimum absolute atomic E-state index is 0.386. The molecule has 4 heteroatoms. The molecular formula is C13H19N3S. The summed E-state index contributed by atoms with van der Waals surface area (Å²) in [4.78, 5) is 7.31. The van der Waals surface area contributed by atoms with Crippen molar-refractivity contribution >= 4 is 17.2 Å². The van der Waals surface area contributed by atoms with Gasteiger partial charge in [0.05, 0.1) is 4.99 Å². The van der Waals surface area contributed by atoms with Crippen molar-refractivity contribution in [3.05, 3.63) is 29.6 Å². The van der Waals surface area contributed by atoms with E-state index in [4.69, 9.17) is 18.0 Å². The zero-order valence-corrected chi connectivity index (χ0v) is 11.0. The Bertz CT molecular complexity index is 405. The van der Waals surface area contributed by atoms with E-state index in [9.17, 15) is 0 Å². The summed E-state index contributed by atoms with van der Waals surface area (Å²) in [6.07, 6.45) is 6.15. The van der Waals surface area contributed by atoms with Gasteiger partial charge in [0.2, 0.25) is 0 Å². The molecule has 1 aliphatic rings. The molecule has 0 bridgehead atoms. The van der Waals surface area contributed by atoms with Crippen molar-refractivity contribution in [1.82, 2.24) is 9.88 Å². The third-order valence-corrected chi connectivity index (χ3v) is 3.58. The van der Waals surface area contributed by atoms with Crippen LogP contribution in [0.1, 0.15) is 24.0 Å². The van der Waals surface area contributed by atoms with Crippen molar-refractivity contribution < 1.29 is 0 Å². The fraction of sp³-hybridized carbons (Fsp3) is 0.538. The number of pyridine rings is 1. The topological polar surface area (TPSA) is 42.2 Å². The molecule has 1 atom stereocenters. The highest BCUT2D eigenvalue weighted by atomic mass is 32.1. The molecule has 1 aliphatic heterocycles. The Kier molecular flexibility index (Phi) is 4.07. The van der Waals surface area contributed by atoms with Crippen LogP contribution in [-0.4, -0.2) is 28.0 Å². The van der Waals surface area contributed by atoms with E-state index < -0.39 is 0 Å². The van der Waals surface area contributed by atoms with E-state index in [1.807, 2.05) is 12.4 Å². The lowest BCUT2D eigenvalue weighted by Crippen LogP contribution is -2.40. The Hall–Kier alpha value is -1.00. The van der Waals surface area contributed by atoms with E-state index in [1.165, 1.54) is 17.5 Å². The molecule has 0 radical (unpaired) electrons. The minimum Gasteiger partial charge on any atom is -0.393 e. The lowest BCUT2D eigenvalue weighted by Gasteiger charge is -2.32. The van der Waals surface area contributed by atoms with Crippen LogP contribution >= 0.6 is 12.2 Å². The van der Waals surface area contributed by atoms with Gasteiger partial charge in [-0.3, -0.25) is 9.88 Å². The first-order chi connectivity index (χ1) is 8.15. The first kappa shape index (κ1) is 12.5. The maximum absolute atomic E-state index is 5.74. The van der Waals surface area contributed by atoms with Crippen molar-refractivity contribution in [2.75, 3.05) is 13.1 Å². The number of likely N-dealkylation sites (tertiary alicyclic amines) is 1. The Morgan fingerprint density at radius 3 is 3.12 bits per heavy atom. The van der Waals surface area contributed by atoms with Gasteiger partial charge in [-0.2, -0.15) is 0 Å². The molecule has 17 heavy (non-hydrogen) atoms. The average Bonchev–Trinajstić information content (AvgIpc) is 2.29. The third kappa shape index (κ3) is 3.48. The van der Waals surface area contributed by atoms with Crippen LogP contribution in [0.15, 0.2) is 18.5 Å². The highest BCUT2D eigenvalue weighted by molar-refractivity contribution is 7.80. The lowest BCUT2D eigenvalue weighted by atomic mass is 9.98. The van der Waals surface area contributed by atoms with Gasteiger partial charge in [0, 0.05) is 31.4 Å². The Labute approximate surface area is 108 Å². The number of hydrogen-bond acceptors (Lipinski definition) is 3. The van der Waals surface area contributed by atoms with Crippen LogP contribution in [0, 0.1) is 12.8 Å². The second-order valence-electron chi connectivity index (χ2n) is 4.85. The van der Waals surface area contributed by atoms with Crippen molar-refractivity contribution in [2.45, 2.75) is 26.3 Å². The van der Waals surface area contributed by atoms with Crippen molar-refractivity contribution in [2.24, 2.45) is 11.7 Å². The number of nitrogens with zero attached hydrogens (tertiary/aromatic N) is 2. The monoisotopic (exact) mass is 249 g/mol. The molecule has 1 aromatic rings. The molecule has 0 saturated carbocycles. The van der Waals surface area contributed by atoms with E-state index in [2.05, 4.69) is 22.9 Å². The molecule has 1 saturated heterocycles. The second kappa shape index (κ2) is 5.56. The largest absolute Gasteiger partial charge is 0.393 e. The highest BCUT2D eigenvalue weighted by Crippen LogP contribution is 2.18. The number of thiocarbonyl (C=S) groups is 1. The van der Waals surface area contributed by atoms with Crippen molar-refractivity contribution in [3.8, 4) is 0 Å². The predicted octanol–water partition coefficient (Wildman–Crippen LogP) is 1.89. The van der Waals surface area contributed by atoms with E-state index in [1.54, 1.807) is 0 Å². The highest BCUT2D eigenvalue weighted by Gasteiger charge is 2.21. The molecule has 2 heterocycles. The van der Waals surface area contributed by atoms with Crippen LogP contribution in [0.25, 0.3) is 0 Å². The normalized spacial score (nSPS) is 21.4. The van der Waals surface area contributed by atoms with Crippen LogP contribution in [0.4, 0.5) is 0 Å². The van der Waals surface area contributed by atoms with E-state index in [0.29, 0.717) is 10.9 Å². The minimum atomic E-state index is 0.386. The molecule has 1 unspecified atom stereocenters. The fourth-order valence-corrected chi connectivity index (χ4v) is 2.59. The van der Waals surface area contributed by atoms with Crippen molar-refractivity contribution in [3.63, 3.8) is 0 Å². The molecule has 2 N–H and O–H groups in total. The zero-order chi connectivity index (χ0) is 12.3. The van der Waals surface area contributed by atoms with Gasteiger partial charge in [-0.25, -0.2) is 0 Å². The molecule has 1 aromatic heterocycles. The van der Waals surface area contributed by atoms with Gasteiger partial charge in [0.1, 0.15) is 0 Å². The lowest BCUT2D eigenvalue weighted by molar-refractivity contribution is 0.197. The van der Waals surface area contributed by atoms with E-state index in [-0.39, 0.29) is 0 Å². The average molecular weight is 249 g/mol. The third-order valence-electron chi connectivity index (χ3n) is 3.25. The molecule has 92 valence electrons. The summed E-state index contributed by atoms with van der Waals surface area (Å²) < 4.78 is 0. The number of piperidine rings is 1. The number of aryl methyl sites for hydroxylation is 1. The van der Waals surface area contributed by atoms with Crippen LogP contribution in [0.2, 0.25) is 0 Å². The molecule has 1 fully saturated rings. The van der Waals surface area contributed by atoms with E-state index in [0.717, 1.165) is 26.1 Å². The second-order valence-corrected chi connectivity index (χ2v) is 5.32.